The Labute approximate surface area is 145 Å². The summed E-state index contributed by atoms with van der Waals surface area (Å²) in [7, 11) is -0.417. The number of aromatic nitrogens is 1. The van der Waals surface area contributed by atoms with Gasteiger partial charge in [-0.1, -0.05) is 26.8 Å². The van der Waals surface area contributed by atoms with Crippen LogP contribution in [-0.4, -0.2) is 26.2 Å². The molecule has 0 unspecified atom stereocenters. The predicted octanol–water partition coefficient (Wildman–Crippen LogP) is 4.71. The number of pyridine rings is 1. The van der Waals surface area contributed by atoms with Gasteiger partial charge in [-0.25, -0.2) is 0 Å². The number of nitrogens with zero attached hydrogens (tertiary/aromatic N) is 1. The highest BCUT2D eigenvalue weighted by Gasteiger charge is 2.39. The number of ether oxygens (including phenoxy) is 1. The molecule has 5 heteroatoms. The normalized spacial score (nSPS) is 11.9. The van der Waals surface area contributed by atoms with Crippen molar-refractivity contribution in [3.05, 3.63) is 53.9 Å². The average molecular weight is 343 g/mol. The van der Waals surface area contributed by atoms with Crippen LogP contribution in [-0.2, 0) is 0 Å². The van der Waals surface area contributed by atoms with Crippen molar-refractivity contribution in [2.45, 2.75) is 38.9 Å². The third kappa shape index (κ3) is 4.03. The van der Waals surface area contributed by atoms with Gasteiger partial charge < -0.3 is 9.16 Å². The van der Waals surface area contributed by atoms with Gasteiger partial charge >= 0.3 is 0 Å². The van der Waals surface area contributed by atoms with Crippen molar-refractivity contribution in [2.24, 2.45) is 0 Å². The van der Waals surface area contributed by atoms with Crippen molar-refractivity contribution in [1.82, 2.24) is 4.98 Å². The highest BCUT2D eigenvalue weighted by molar-refractivity contribution is 6.74. The van der Waals surface area contributed by atoms with Gasteiger partial charge in [-0.15, -0.1) is 0 Å². The molecule has 2 rings (SSSR count). The predicted molar refractivity (Wildman–Crippen MR) is 98.5 cm³/mol. The number of hydrogen-bond donors (Lipinski definition) is 0. The summed E-state index contributed by atoms with van der Waals surface area (Å²) in [4.78, 5) is 16.8. The van der Waals surface area contributed by atoms with Crippen LogP contribution < -0.4 is 9.16 Å². The third-order valence-corrected chi connectivity index (χ3v) is 8.81. The van der Waals surface area contributed by atoms with E-state index in [0.29, 0.717) is 22.8 Å². The Kier molecular flexibility index (Phi) is 5.13. The van der Waals surface area contributed by atoms with Gasteiger partial charge in [0.05, 0.1) is 7.11 Å². The largest absolute Gasteiger partial charge is 0.543 e. The van der Waals surface area contributed by atoms with Gasteiger partial charge in [0.1, 0.15) is 17.2 Å². The maximum absolute atomic E-state index is 12.7. The molecule has 0 fully saturated rings. The number of benzene rings is 1. The second-order valence-electron chi connectivity index (χ2n) is 7.30. The molecule has 0 aliphatic rings. The number of carbonyl (C=O) groups is 1. The van der Waals surface area contributed by atoms with Crippen LogP contribution in [0.15, 0.2) is 42.6 Å². The van der Waals surface area contributed by atoms with Gasteiger partial charge in [-0.05, 0) is 42.4 Å². The van der Waals surface area contributed by atoms with Crippen LogP contribution in [0.5, 0.6) is 11.5 Å². The molecule has 0 spiro atoms. The van der Waals surface area contributed by atoms with E-state index in [0.717, 1.165) is 0 Å². The molecule has 0 saturated heterocycles. The first-order valence-corrected chi connectivity index (χ1v) is 10.9. The fourth-order valence-electron chi connectivity index (χ4n) is 1.97. The molecule has 24 heavy (non-hydrogen) atoms. The van der Waals surface area contributed by atoms with E-state index < -0.39 is 8.32 Å². The van der Waals surface area contributed by atoms with Crippen molar-refractivity contribution in [3.63, 3.8) is 0 Å². The highest BCUT2D eigenvalue weighted by Crippen LogP contribution is 2.38. The van der Waals surface area contributed by atoms with E-state index in [1.807, 2.05) is 6.07 Å². The summed E-state index contributed by atoms with van der Waals surface area (Å²) in [5.41, 5.74) is 0.922. The van der Waals surface area contributed by atoms with Crippen molar-refractivity contribution in [3.8, 4) is 11.5 Å². The third-order valence-electron chi connectivity index (χ3n) is 4.45. The van der Waals surface area contributed by atoms with Crippen LogP contribution in [0, 0.1) is 0 Å². The standard InChI is InChI=1S/C19H25NO3Si/c1-19(2,3)24(5,6)23-16-12-14(11-15(13-16)22-4)18(21)17-9-7-8-10-20-17/h7-13H,1-6H3. The van der Waals surface area contributed by atoms with Crippen molar-refractivity contribution in [2.75, 3.05) is 7.11 Å². The molecule has 128 valence electrons. The second-order valence-corrected chi connectivity index (χ2v) is 12.0. The molecular weight excluding hydrogens is 318 g/mol. The molecular formula is C19H25NO3Si. The summed E-state index contributed by atoms with van der Waals surface area (Å²) >= 11 is 0. The number of ketones is 1. The van der Waals surface area contributed by atoms with E-state index >= 15 is 0 Å². The summed E-state index contributed by atoms with van der Waals surface area (Å²) in [5.74, 6) is 1.13. The summed E-state index contributed by atoms with van der Waals surface area (Å²) in [6.07, 6.45) is 1.61. The molecule has 4 nitrogen and oxygen atoms in total. The minimum Gasteiger partial charge on any atom is -0.543 e. The van der Waals surface area contributed by atoms with Crippen molar-refractivity contribution in [1.29, 1.82) is 0 Å². The van der Waals surface area contributed by atoms with Gasteiger partial charge in [0.25, 0.3) is 0 Å². The summed E-state index contributed by atoms with van der Waals surface area (Å²) in [6, 6.07) is 10.6. The first-order valence-electron chi connectivity index (χ1n) is 7.98. The number of hydrogen-bond acceptors (Lipinski definition) is 4. The first-order chi connectivity index (χ1) is 11.1. The molecule has 0 radical (unpaired) electrons. The van der Waals surface area contributed by atoms with E-state index in [2.05, 4.69) is 38.8 Å². The van der Waals surface area contributed by atoms with Crippen LogP contribution in [0.4, 0.5) is 0 Å². The zero-order valence-electron chi connectivity index (χ0n) is 15.2. The summed E-state index contributed by atoms with van der Waals surface area (Å²) in [6.45, 7) is 10.9. The Balaban J connectivity index is 2.40. The fraction of sp³-hybridized carbons (Fsp3) is 0.368. The molecule has 1 aromatic heterocycles. The van der Waals surface area contributed by atoms with Gasteiger partial charge in [0.15, 0.2) is 0 Å². The van der Waals surface area contributed by atoms with Crippen LogP contribution in [0.25, 0.3) is 0 Å². The summed E-state index contributed by atoms with van der Waals surface area (Å²) < 4.78 is 11.7. The van der Waals surface area contributed by atoms with Crippen molar-refractivity contribution < 1.29 is 14.0 Å². The van der Waals surface area contributed by atoms with E-state index in [1.165, 1.54) is 0 Å². The van der Waals surface area contributed by atoms with E-state index in [9.17, 15) is 4.79 Å². The van der Waals surface area contributed by atoms with Crippen LogP contribution in [0.2, 0.25) is 18.1 Å². The lowest BCUT2D eigenvalue weighted by Crippen LogP contribution is -2.43. The Morgan fingerprint density at radius 1 is 1.08 bits per heavy atom. The van der Waals surface area contributed by atoms with Gasteiger partial charge in [0, 0.05) is 17.8 Å². The number of carbonyl (C=O) groups excluding carboxylic acids is 1. The smallest absolute Gasteiger partial charge is 0.250 e. The van der Waals surface area contributed by atoms with Gasteiger partial charge in [0.2, 0.25) is 14.1 Å². The van der Waals surface area contributed by atoms with E-state index in [-0.39, 0.29) is 10.8 Å². The quantitative estimate of drug-likeness (QED) is 0.583. The Hall–Kier alpha value is -2.14. The second kappa shape index (κ2) is 6.77. The molecule has 0 bridgehead atoms. The van der Waals surface area contributed by atoms with Crippen LogP contribution >= 0.6 is 0 Å². The molecule has 1 heterocycles. The Morgan fingerprint density at radius 3 is 2.29 bits per heavy atom. The van der Waals surface area contributed by atoms with Crippen LogP contribution in [0.1, 0.15) is 36.8 Å². The number of rotatable bonds is 5. The zero-order valence-corrected chi connectivity index (χ0v) is 16.2. The van der Waals surface area contributed by atoms with E-state index in [4.69, 9.17) is 9.16 Å². The highest BCUT2D eigenvalue weighted by atomic mass is 28.4. The lowest BCUT2D eigenvalue weighted by molar-refractivity contribution is 0.103. The Morgan fingerprint density at radius 2 is 1.75 bits per heavy atom. The lowest BCUT2D eigenvalue weighted by atomic mass is 10.1. The minimum atomic E-state index is -2.00. The molecule has 0 N–H and O–H groups in total. The molecule has 0 atom stereocenters. The Bertz CT molecular complexity index is 721. The molecule has 1 aromatic carbocycles. The van der Waals surface area contributed by atoms with Crippen LogP contribution in [0.3, 0.4) is 0 Å². The first kappa shape index (κ1) is 18.2. The van der Waals surface area contributed by atoms with Gasteiger partial charge in [-0.3, -0.25) is 9.78 Å². The number of methoxy groups -OCH3 is 1. The minimum absolute atomic E-state index is 0.0707. The monoisotopic (exact) mass is 343 g/mol. The average Bonchev–Trinajstić information content (AvgIpc) is 2.53. The van der Waals surface area contributed by atoms with Crippen molar-refractivity contribution >= 4 is 14.1 Å². The lowest BCUT2D eigenvalue weighted by Gasteiger charge is -2.36. The maximum Gasteiger partial charge on any atom is 0.250 e. The SMILES string of the molecule is COc1cc(O[Si](C)(C)C(C)(C)C)cc(C(=O)c2ccccn2)c1. The zero-order chi connectivity index (χ0) is 18.0. The molecule has 0 aliphatic heterocycles. The van der Waals surface area contributed by atoms with E-state index in [1.54, 1.807) is 43.6 Å². The molecule has 0 aliphatic carbocycles. The fourth-order valence-corrected chi connectivity index (χ4v) is 2.99. The molecule has 0 amide bonds. The van der Waals surface area contributed by atoms with Gasteiger partial charge in [-0.2, -0.15) is 0 Å². The maximum atomic E-state index is 12.7. The topological polar surface area (TPSA) is 48.4 Å². The molecule has 0 saturated carbocycles. The molecule has 2 aromatic rings. The summed E-state index contributed by atoms with van der Waals surface area (Å²) in [5, 5.41) is 0.0707.